The minimum Gasteiger partial charge on any atom is -0.494 e. The summed E-state index contributed by atoms with van der Waals surface area (Å²) in [6.45, 7) is 9.28. The third-order valence-corrected chi connectivity index (χ3v) is 7.93. The molecule has 1 saturated heterocycles. The molecule has 1 atom stereocenters. The number of rotatable bonds is 12. The van der Waals surface area contributed by atoms with E-state index in [1.165, 1.54) is 31.7 Å². The summed E-state index contributed by atoms with van der Waals surface area (Å²) >= 11 is 0. The van der Waals surface area contributed by atoms with Gasteiger partial charge in [-0.2, -0.15) is 0 Å². The summed E-state index contributed by atoms with van der Waals surface area (Å²) < 4.78 is 39.9. The van der Waals surface area contributed by atoms with E-state index in [-0.39, 0.29) is 12.6 Å². The molecule has 0 radical (unpaired) electrons. The Labute approximate surface area is 204 Å². The largest absolute Gasteiger partial charge is 0.494 e. The van der Waals surface area contributed by atoms with Gasteiger partial charge in [-0.05, 0) is 88.5 Å². The molecule has 1 aliphatic rings. The lowest BCUT2D eigenvalue weighted by molar-refractivity contribution is 0.220. The molecule has 0 saturated carbocycles. The van der Waals surface area contributed by atoms with Gasteiger partial charge in [0.2, 0.25) is 10.0 Å². The van der Waals surface area contributed by atoms with Crippen LogP contribution < -0.4 is 19.9 Å². The fourth-order valence-corrected chi connectivity index (χ4v) is 5.18. The first kappa shape index (κ1) is 26.5. The van der Waals surface area contributed by atoms with Crippen molar-refractivity contribution in [2.45, 2.75) is 64.0 Å². The van der Waals surface area contributed by atoms with Gasteiger partial charge in [-0.1, -0.05) is 30.7 Å². The molecule has 1 aliphatic heterocycles. The van der Waals surface area contributed by atoms with Crippen LogP contribution in [0.1, 0.15) is 57.6 Å². The number of likely N-dealkylation sites (tertiary alicyclic amines) is 1. The van der Waals surface area contributed by atoms with Crippen molar-refractivity contribution in [3.8, 4) is 11.5 Å². The molecule has 0 spiro atoms. The van der Waals surface area contributed by atoms with Crippen molar-refractivity contribution >= 4 is 10.0 Å². The van der Waals surface area contributed by atoms with Gasteiger partial charge in [0, 0.05) is 13.1 Å². The highest BCUT2D eigenvalue weighted by atomic mass is 32.2. The summed E-state index contributed by atoms with van der Waals surface area (Å²) in [5.41, 5.74) is 7.98. The van der Waals surface area contributed by atoms with E-state index in [9.17, 15) is 8.42 Å². The van der Waals surface area contributed by atoms with Crippen molar-refractivity contribution < 1.29 is 17.9 Å². The van der Waals surface area contributed by atoms with Crippen LogP contribution in [-0.4, -0.2) is 45.7 Å². The van der Waals surface area contributed by atoms with Crippen molar-refractivity contribution in [1.82, 2.24) is 9.62 Å². The fourth-order valence-electron chi connectivity index (χ4n) is 4.02. The van der Waals surface area contributed by atoms with Gasteiger partial charge in [-0.3, -0.25) is 4.90 Å². The molecular formula is C26H39N3O4S. The van der Waals surface area contributed by atoms with Crippen molar-refractivity contribution in [2.75, 3.05) is 26.2 Å². The van der Waals surface area contributed by atoms with Crippen LogP contribution in [0.5, 0.6) is 11.5 Å². The van der Waals surface area contributed by atoms with Crippen molar-refractivity contribution in [1.29, 1.82) is 0 Å². The molecule has 0 amide bonds. The van der Waals surface area contributed by atoms with E-state index in [1.807, 2.05) is 26.0 Å². The molecule has 1 fully saturated rings. The number of benzene rings is 2. The molecule has 7 nitrogen and oxygen atoms in total. The molecule has 3 rings (SSSR count). The van der Waals surface area contributed by atoms with Gasteiger partial charge in [-0.15, -0.1) is 0 Å². The lowest BCUT2D eigenvalue weighted by atomic mass is 10.1. The summed E-state index contributed by atoms with van der Waals surface area (Å²) in [6.07, 6.45) is 4.44. The normalized spacial score (nSPS) is 16.9. The van der Waals surface area contributed by atoms with Crippen LogP contribution in [0.2, 0.25) is 0 Å². The molecule has 0 bridgehead atoms. The van der Waals surface area contributed by atoms with E-state index >= 15 is 0 Å². The first-order valence-corrected chi connectivity index (χ1v) is 13.6. The molecule has 0 aromatic heterocycles. The minimum absolute atomic E-state index is 0.0415. The minimum atomic E-state index is -3.79. The second-order valence-corrected chi connectivity index (χ2v) is 11.5. The van der Waals surface area contributed by atoms with Crippen LogP contribution in [0.15, 0.2) is 48.5 Å². The van der Waals surface area contributed by atoms with E-state index in [0.29, 0.717) is 24.3 Å². The Bertz CT molecular complexity index is 1000. The molecule has 1 unspecified atom stereocenters. The van der Waals surface area contributed by atoms with Gasteiger partial charge < -0.3 is 15.2 Å². The highest BCUT2D eigenvalue weighted by Crippen LogP contribution is 2.26. The predicted octanol–water partition coefficient (Wildman–Crippen LogP) is 3.98. The van der Waals surface area contributed by atoms with E-state index in [0.717, 1.165) is 25.4 Å². The van der Waals surface area contributed by atoms with Crippen molar-refractivity contribution in [3.63, 3.8) is 0 Å². The zero-order chi connectivity index (χ0) is 24.6. The smallest absolute Gasteiger partial charge is 0.234 e. The Balaban J connectivity index is 1.45. The Morgan fingerprint density at radius 1 is 1.06 bits per heavy atom. The molecule has 34 heavy (non-hydrogen) atoms. The van der Waals surface area contributed by atoms with Crippen LogP contribution in [0, 0.1) is 0 Å². The Hall–Kier alpha value is -2.13. The van der Waals surface area contributed by atoms with E-state index in [2.05, 4.69) is 21.8 Å². The second-order valence-electron chi connectivity index (χ2n) is 9.38. The average Bonchev–Trinajstić information content (AvgIpc) is 2.79. The van der Waals surface area contributed by atoms with Gasteiger partial charge in [0.15, 0.2) is 4.87 Å². The topological polar surface area (TPSA) is 93.9 Å². The summed E-state index contributed by atoms with van der Waals surface area (Å²) in [7, 11) is -3.79. The molecular weight excluding hydrogens is 450 g/mol. The van der Waals surface area contributed by atoms with Gasteiger partial charge in [-0.25, -0.2) is 13.1 Å². The Morgan fingerprint density at radius 2 is 1.76 bits per heavy atom. The first-order valence-electron chi connectivity index (χ1n) is 12.2. The average molecular weight is 490 g/mol. The number of nitrogens with two attached hydrogens (primary N) is 1. The monoisotopic (exact) mass is 489 g/mol. The first-order chi connectivity index (χ1) is 16.2. The van der Waals surface area contributed by atoms with Gasteiger partial charge in [0.25, 0.3) is 0 Å². The van der Waals surface area contributed by atoms with E-state index in [1.54, 1.807) is 24.3 Å². The molecule has 2 aromatic rings. The summed E-state index contributed by atoms with van der Waals surface area (Å²) in [5.74, 6) is 1.49. The zero-order valence-electron chi connectivity index (χ0n) is 20.6. The van der Waals surface area contributed by atoms with Gasteiger partial charge >= 0.3 is 0 Å². The summed E-state index contributed by atoms with van der Waals surface area (Å²) in [4.78, 5) is 0.916. The third kappa shape index (κ3) is 7.43. The lowest BCUT2D eigenvalue weighted by Gasteiger charge is -2.26. The maximum absolute atomic E-state index is 12.9. The van der Waals surface area contributed by atoms with Crippen LogP contribution in [0.25, 0.3) is 0 Å². The number of nitrogens with zero attached hydrogens (tertiary/aromatic N) is 1. The molecule has 0 aliphatic carbocycles. The SMILES string of the molecule is CC(C)Oc1ccc(C(C)(N)S(=O)(=O)NCCCOc2cccc(CN3CCCCC3)c2)cc1. The lowest BCUT2D eigenvalue weighted by Crippen LogP contribution is -2.48. The molecule has 1 heterocycles. The molecule has 2 aromatic carbocycles. The van der Waals surface area contributed by atoms with E-state index < -0.39 is 14.9 Å². The number of ether oxygens (including phenoxy) is 2. The quantitative estimate of drug-likeness (QED) is 0.438. The maximum Gasteiger partial charge on any atom is 0.234 e. The summed E-state index contributed by atoms with van der Waals surface area (Å²) in [6, 6.07) is 15.0. The highest BCUT2D eigenvalue weighted by Gasteiger charge is 2.36. The van der Waals surface area contributed by atoms with Crippen molar-refractivity contribution in [3.05, 3.63) is 59.7 Å². The fraction of sp³-hybridized carbons (Fsp3) is 0.538. The van der Waals surface area contributed by atoms with Gasteiger partial charge in [0.1, 0.15) is 11.5 Å². The van der Waals surface area contributed by atoms with Crippen LogP contribution >= 0.6 is 0 Å². The van der Waals surface area contributed by atoms with Crippen LogP contribution in [0.3, 0.4) is 0 Å². The summed E-state index contributed by atoms with van der Waals surface area (Å²) in [5, 5.41) is 0. The number of nitrogens with one attached hydrogen (secondary N) is 1. The Kier molecular flexibility index (Phi) is 9.36. The highest BCUT2D eigenvalue weighted by molar-refractivity contribution is 7.90. The van der Waals surface area contributed by atoms with Crippen LogP contribution in [-0.2, 0) is 21.4 Å². The maximum atomic E-state index is 12.9. The zero-order valence-corrected chi connectivity index (χ0v) is 21.4. The number of hydrogen-bond donors (Lipinski definition) is 2. The van der Waals surface area contributed by atoms with Crippen LogP contribution in [0.4, 0.5) is 0 Å². The Morgan fingerprint density at radius 3 is 2.44 bits per heavy atom. The number of hydrogen-bond acceptors (Lipinski definition) is 6. The predicted molar refractivity (Wildman–Crippen MR) is 136 cm³/mol. The third-order valence-electron chi connectivity index (χ3n) is 5.99. The molecule has 188 valence electrons. The second kappa shape index (κ2) is 12.0. The van der Waals surface area contributed by atoms with E-state index in [4.69, 9.17) is 15.2 Å². The van der Waals surface area contributed by atoms with Gasteiger partial charge in [0.05, 0.1) is 12.7 Å². The number of piperidine rings is 1. The number of sulfonamides is 1. The molecule has 3 N–H and O–H groups in total. The molecule has 8 heteroatoms. The van der Waals surface area contributed by atoms with Crippen molar-refractivity contribution in [2.24, 2.45) is 5.73 Å². The standard InChI is InChI=1S/C26H39N3O4S/c1-21(2)33-24-13-11-23(12-14-24)26(3,27)34(30,31)28-15-8-18-32-25-10-7-9-22(19-25)20-29-16-5-4-6-17-29/h7,9-14,19,21,28H,4-6,8,15-18,20,27H2,1-3H3.